The second-order valence-electron chi connectivity index (χ2n) is 7.75. The lowest BCUT2D eigenvalue weighted by molar-refractivity contribution is 0.461. The monoisotopic (exact) mass is 500 g/mol. The summed E-state index contributed by atoms with van der Waals surface area (Å²) < 4.78 is 75.3. The van der Waals surface area contributed by atoms with E-state index in [2.05, 4.69) is 11.5 Å². The number of benzene rings is 3. The number of hydrogen-bond donors (Lipinski definition) is 1. The van der Waals surface area contributed by atoms with Crippen LogP contribution in [-0.4, -0.2) is 39.0 Å². The van der Waals surface area contributed by atoms with Gasteiger partial charge in [-0.1, -0.05) is 24.8 Å². The van der Waals surface area contributed by atoms with E-state index >= 15 is 0 Å². The highest BCUT2D eigenvalue weighted by atomic mass is 32.2. The maximum atomic E-state index is 12.2. The number of nitrogens with zero attached hydrogens (tertiary/aromatic N) is 1. The molecule has 0 aromatic heterocycles. The summed E-state index contributed by atoms with van der Waals surface area (Å²) >= 11 is 0. The zero-order chi connectivity index (χ0) is 24.8. The highest BCUT2D eigenvalue weighted by Crippen LogP contribution is 2.40. The SMILES string of the molecule is C=c1ccc2c(c1)Oc1cc(N(CC)CC)ccc1C=2c1ccc(S(=O)(=O)O)cc1S(=O)(=O)[O-]. The molecule has 34 heavy (non-hydrogen) atoms. The van der Waals surface area contributed by atoms with Gasteiger partial charge in [0, 0.05) is 46.8 Å². The number of ether oxygens (including phenoxy) is 1. The highest BCUT2D eigenvalue weighted by molar-refractivity contribution is 7.86. The van der Waals surface area contributed by atoms with Crippen LogP contribution in [0.25, 0.3) is 12.2 Å². The third-order valence-corrected chi connectivity index (χ3v) is 7.41. The van der Waals surface area contributed by atoms with E-state index in [9.17, 15) is 25.9 Å². The van der Waals surface area contributed by atoms with Crippen LogP contribution in [0.1, 0.15) is 25.0 Å². The van der Waals surface area contributed by atoms with Crippen molar-refractivity contribution in [1.29, 1.82) is 0 Å². The molecule has 1 N–H and O–H groups in total. The second-order valence-corrected chi connectivity index (χ2v) is 10.5. The quantitative estimate of drug-likeness (QED) is 0.401. The van der Waals surface area contributed by atoms with Crippen LogP contribution < -0.4 is 20.1 Å². The first-order valence-electron chi connectivity index (χ1n) is 10.4. The summed E-state index contributed by atoms with van der Waals surface area (Å²) in [5.41, 5.74) is 1.82. The van der Waals surface area contributed by atoms with E-state index in [0.717, 1.165) is 24.8 Å². The maximum Gasteiger partial charge on any atom is 0.294 e. The fraction of sp³-hybridized carbons (Fsp3) is 0.167. The summed E-state index contributed by atoms with van der Waals surface area (Å²) in [6.45, 7) is 9.49. The van der Waals surface area contributed by atoms with Crippen LogP contribution in [0.4, 0.5) is 5.69 Å². The Morgan fingerprint density at radius 2 is 1.59 bits per heavy atom. The molecule has 1 heterocycles. The van der Waals surface area contributed by atoms with Gasteiger partial charge in [0.15, 0.2) is 0 Å². The van der Waals surface area contributed by atoms with Crippen LogP contribution in [0.3, 0.4) is 0 Å². The number of anilines is 1. The first-order chi connectivity index (χ1) is 15.9. The predicted octanol–water partition coefficient (Wildman–Crippen LogP) is 2.45. The van der Waals surface area contributed by atoms with Gasteiger partial charge < -0.3 is 14.2 Å². The molecule has 0 atom stereocenters. The van der Waals surface area contributed by atoms with Gasteiger partial charge in [-0.2, -0.15) is 8.42 Å². The summed E-state index contributed by atoms with van der Waals surface area (Å²) in [7, 11) is -9.85. The maximum absolute atomic E-state index is 12.2. The topological polar surface area (TPSA) is 124 Å². The Labute approximate surface area is 197 Å². The zero-order valence-electron chi connectivity index (χ0n) is 18.5. The van der Waals surface area contributed by atoms with Gasteiger partial charge in [0.05, 0.1) is 9.79 Å². The lowest BCUT2D eigenvalue weighted by Gasteiger charge is -2.26. The van der Waals surface area contributed by atoms with E-state index in [4.69, 9.17) is 4.74 Å². The van der Waals surface area contributed by atoms with E-state index in [-0.39, 0.29) is 5.56 Å². The Morgan fingerprint density at radius 1 is 0.912 bits per heavy atom. The summed E-state index contributed by atoms with van der Waals surface area (Å²) in [5, 5.41) is 1.18. The molecule has 4 rings (SSSR count). The largest absolute Gasteiger partial charge is 0.744 e. The third-order valence-electron chi connectivity index (χ3n) is 5.69. The van der Waals surface area contributed by atoms with Crippen molar-refractivity contribution in [2.24, 2.45) is 0 Å². The van der Waals surface area contributed by atoms with E-state index in [1.165, 1.54) is 6.07 Å². The fourth-order valence-electron chi connectivity index (χ4n) is 4.08. The summed E-state index contributed by atoms with van der Waals surface area (Å²) in [4.78, 5) is 0.664. The minimum Gasteiger partial charge on any atom is -0.744 e. The van der Waals surface area contributed by atoms with Crippen LogP contribution in [0.2, 0.25) is 0 Å². The molecule has 8 nitrogen and oxygen atoms in total. The number of fused-ring (bicyclic) bond motifs is 2. The molecular weight excluding hydrogens is 478 g/mol. The summed E-state index contributed by atoms with van der Waals surface area (Å²) in [6.07, 6.45) is 0. The van der Waals surface area contributed by atoms with Crippen molar-refractivity contribution < 1.29 is 30.7 Å². The molecule has 0 bridgehead atoms. The van der Waals surface area contributed by atoms with E-state index < -0.39 is 30.0 Å². The normalized spacial score (nSPS) is 13.1. The van der Waals surface area contributed by atoms with Gasteiger partial charge in [-0.3, -0.25) is 4.55 Å². The second kappa shape index (κ2) is 8.55. The first kappa shape index (κ1) is 24.0. The molecule has 0 saturated carbocycles. The van der Waals surface area contributed by atoms with Gasteiger partial charge in [-0.05, 0) is 49.4 Å². The lowest BCUT2D eigenvalue weighted by Crippen LogP contribution is -2.23. The van der Waals surface area contributed by atoms with Crippen LogP contribution in [-0.2, 0) is 20.2 Å². The molecule has 3 aromatic rings. The number of rotatable bonds is 6. The van der Waals surface area contributed by atoms with Gasteiger partial charge in [0.25, 0.3) is 10.1 Å². The Kier molecular flexibility index (Phi) is 6.03. The van der Waals surface area contributed by atoms with Crippen molar-refractivity contribution >= 4 is 38.1 Å². The highest BCUT2D eigenvalue weighted by Gasteiger charge is 2.26. The van der Waals surface area contributed by atoms with Gasteiger partial charge >= 0.3 is 0 Å². The molecule has 0 aliphatic carbocycles. The fourth-order valence-corrected chi connectivity index (χ4v) is 5.37. The molecule has 178 valence electrons. The van der Waals surface area contributed by atoms with Gasteiger partial charge in [0.1, 0.15) is 21.6 Å². The molecule has 0 saturated heterocycles. The third kappa shape index (κ3) is 4.32. The Balaban J connectivity index is 2.10. The Bertz CT molecular complexity index is 1620. The van der Waals surface area contributed by atoms with Crippen molar-refractivity contribution in [3.05, 3.63) is 76.2 Å². The van der Waals surface area contributed by atoms with E-state index in [1.54, 1.807) is 24.3 Å². The van der Waals surface area contributed by atoms with Crippen molar-refractivity contribution in [3.8, 4) is 11.5 Å². The minimum absolute atomic E-state index is 0.000557. The van der Waals surface area contributed by atoms with Crippen molar-refractivity contribution in [1.82, 2.24) is 0 Å². The minimum atomic E-state index is -5.12. The van der Waals surface area contributed by atoms with E-state index in [1.807, 2.05) is 26.0 Å². The molecule has 0 fully saturated rings. The zero-order valence-corrected chi connectivity index (χ0v) is 20.1. The molecule has 1 aliphatic heterocycles. The van der Waals surface area contributed by atoms with Crippen LogP contribution in [0, 0.1) is 0 Å². The molecule has 0 radical (unpaired) electrons. The van der Waals surface area contributed by atoms with Crippen molar-refractivity contribution in [2.75, 3.05) is 18.0 Å². The molecule has 10 heteroatoms. The van der Waals surface area contributed by atoms with Gasteiger partial charge in [0.2, 0.25) is 0 Å². The average Bonchev–Trinajstić information content (AvgIpc) is 2.76. The predicted molar refractivity (Wildman–Crippen MR) is 127 cm³/mol. The first-order valence-corrected chi connectivity index (χ1v) is 13.3. The van der Waals surface area contributed by atoms with Crippen LogP contribution in [0.5, 0.6) is 11.5 Å². The Hall–Kier alpha value is -3.18. The molecule has 0 unspecified atom stereocenters. The molecule has 0 spiro atoms. The van der Waals surface area contributed by atoms with Crippen LogP contribution in [0.15, 0.2) is 64.4 Å². The Morgan fingerprint density at radius 3 is 2.21 bits per heavy atom. The molecule has 1 aliphatic rings. The number of hydrogen-bond acceptors (Lipinski definition) is 7. The molecular formula is C24H22NO7S2-. The van der Waals surface area contributed by atoms with Crippen LogP contribution >= 0.6 is 0 Å². The molecule has 0 amide bonds. The van der Waals surface area contributed by atoms with Gasteiger partial charge in [-0.25, -0.2) is 8.42 Å². The standard InChI is InChI=1S/C24H23NO7S2/c1-4-25(5-2)16-7-10-19-22(13-16)32-21-12-15(3)6-9-18(21)24(19)20-11-8-17(33(26,27)28)14-23(20)34(29,30)31/h6-14H,3-5H2,1-2H3,(H,26,27,28)(H,29,30,31)/p-1. The van der Waals surface area contributed by atoms with Crippen molar-refractivity contribution in [2.45, 2.75) is 23.6 Å². The van der Waals surface area contributed by atoms with E-state index in [0.29, 0.717) is 39.1 Å². The summed E-state index contributed by atoms with van der Waals surface area (Å²) in [5.74, 6) is 0.866. The average molecular weight is 501 g/mol. The lowest BCUT2D eigenvalue weighted by atomic mass is 9.92. The smallest absolute Gasteiger partial charge is 0.294 e. The van der Waals surface area contributed by atoms with Crippen molar-refractivity contribution in [3.63, 3.8) is 0 Å². The van der Waals surface area contributed by atoms with Gasteiger partial charge in [-0.15, -0.1) is 0 Å². The summed E-state index contributed by atoms with van der Waals surface area (Å²) in [6, 6.07) is 13.5. The molecule has 3 aromatic carbocycles.